The zero-order chi connectivity index (χ0) is 10.5. The lowest BCUT2D eigenvalue weighted by Crippen LogP contribution is -2.20. The first-order valence-electron chi connectivity index (χ1n) is 5.06. The number of aliphatic hydroxyl groups excluding tert-OH is 1. The van der Waals surface area contributed by atoms with Gasteiger partial charge in [-0.25, -0.2) is 4.98 Å². The van der Waals surface area contributed by atoms with Crippen LogP contribution in [0.1, 0.15) is 5.01 Å². The molecule has 2 rings (SSSR count). The van der Waals surface area contributed by atoms with Crippen molar-refractivity contribution in [1.82, 2.24) is 10.3 Å². The molecule has 3 nitrogen and oxygen atoms in total. The van der Waals surface area contributed by atoms with Crippen LogP contribution in [0.4, 0.5) is 0 Å². The van der Waals surface area contributed by atoms with Gasteiger partial charge in [0, 0.05) is 19.5 Å². The molecule has 0 amide bonds. The summed E-state index contributed by atoms with van der Waals surface area (Å²) < 4.78 is 1.25. The summed E-state index contributed by atoms with van der Waals surface area (Å²) in [6.45, 7) is 1.73. The van der Waals surface area contributed by atoms with Crippen molar-refractivity contribution in [1.29, 1.82) is 0 Å². The minimum atomic E-state index is 0.194. The van der Waals surface area contributed by atoms with Gasteiger partial charge in [0.25, 0.3) is 0 Å². The SMILES string of the molecule is OCCNCCc1nc2ccccc2s1. The van der Waals surface area contributed by atoms with Crippen molar-refractivity contribution in [2.45, 2.75) is 6.42 Å². The van der Waals surface area contributed by atoms with Gasteiger partial charge in [0.1, 0.15) is 0 Å². The molecule has 0 unspecified atom stereocenters. The Balaban J connectivity index is 1.97. The fourth-order valence-corrected chi connectivity index (χ4v) is 2.39. The zero-order valence-electron chi connectivity index (χ0n) is 8.44. The number of hydrogen-bond donors (Lipinski definition) is 2. The molecule has 1 aromatic carbocycles. The minimum absolute atomic E-state index is 0.194. The molecule has 0 saturated carbocycles. The first kappa shape index (κ1) is 10.5. The second-order valence-electron chi connectivity index (χ2n) is 3.30. The Morgan fingerprint density at radius 3 is 2.93 bits per heavy atom. The van der Waals surface area contributed by atoms with Crippen LogP contribution in [0.5, 0.6) is 0 Å². The molecule has 2 aromatic rings. The van der Waals surface area contributed by atoms with Crippen molar-refractivity contribution in [2.75, 3.05) is 19.7 Å². The van der Waals surface area contributed by atoms with Gasteiger partial charge >= 0.3 is 0 Å². The molecule has 15 heavy (non-hydrogen) atoms. The van der Waals surface area contributed by atoms with E-state index in [0.717, 1.165) is 23.5 Å². The molecule has 0 fully saturated rings. The second kappa shape index (κ2) is 5.21. The fourth-order valence-electron chi connectivity index (χ4n) is 1.43. The molecule has 0 aliphatic carbocycles. The first-order chi connectivity index (χ1) is 7.40. The van der Waals surface area contributed by atoms with Crippen LogP contribution in [0.15, 0.2) is 24.3 Å². The van der Waals surface area contributed by atoms with E-state index in [1.165, 1.54) is 4.70 Å². The number of rotatable bonds is 5. The Morgan fingerprint density at radius 1 is 1.27 bits per heavy atom. The van der Waals surface area contributed by atoms with Crippen LogP contribution in [0.25, 0.3) is 10.2 Å². The Labute approximate surface area is 92.8 Å². The smallest absolute Gasteiger partial charge is 0.0951 e. The van der Waals surface area contributed by atoms with Gasteiger partial charge in [0.2, 0.25) is 0 Å². The van der Waals surface area contributed by atoms with Crippen molar-refractivity contribution in [3.63, 3.8) is 0 Å². The van der Waals surface area contributed by atoms with Crippen LogP contribution >= 0.6 is 11.3 Å². The molecule has 1 aromatic heterocycles. The third kappa shape index (κ3) is 2.75. The Bertz CT molecular complexity index is 394. The molecule has 0 aliphatic rings. The van der Waals surface area contributed by atoms with E-state index in [9.17, 15) is 0 Å². The molecule has 80 valence electrons. The fraction of sp³-hybridized carbons (Fsp3) is 0.364. The second-order valence-corrected chi connectivity index (χ2v) is 4.41. The van der Waals surface area contributed by atoms with Gasteiger partial charge in [-0.15, -0.1) is 11.3 Å². The maximum atomic E-state index is 8.60. The number of para-hydroxylation sites is 1. The lowest BCUT2D eigenvalue weighted by molar-refractivity contribution is 0.293. The van der Waals surface area contributed by atoms with Gasteiger partial charge < -0.3 is 10.4 Å². The van der Waals surface area contributed by atoms with Crippen molar-refractivity contribution >= 4 is 21.6 Å². The van der Waals surface area contributed by atoms with E-state index in [0.29, 0.717) is 6.54 Å². The van der Waals surface area contributed by atoms with Crippen LogP contribution in [-0.2, 0) is 6.42 Å². The largest absolute Gasteiger partial charge is 0.395 e. The van der Waals surface area contributed by atoms with Crippen molar-refractivity contribution in [2.24, 2.45) is 0 Å². The number of aromatic nitrogens is 1. The summed E-state index contributed by atoms with van der Waals surface area (Å²) in [7, 11) is 0. The summed E-state index contributed by atoms with van der Waals surface area (Å²) in [6, 6.07) is 8.18. The highest BCUT2D eigenvalue weighted by atomic mass is 32.1. The number of fused-ring (bicyclic) bond motifs is 1. The molecule has 0 radical (unpaired) electrons. The van der Waals surface area contributed by atoms with Gasteiger partial charge in [0.05, 0.1) is 21.8 Å². The normalized spacial score (nSPS) is 11.0. The quantitative estimate of drug-likeness (QED) is 0.752. The van der Waals surface area contributed by atoms with Crippen molar-refractivity contribution < 1.29 is 5.11 Å². The van der Waals surface area contributed by atoms with E-state index in [1.54, 1.807) is 11.3 Å². The lowest BCUT2D eigenvalue weighted by atomic mass is 10.3. The monoisotopic (exact) mass is 222 g/mol. The zero-order valence-corrected chi connectivity index (χ0v) is 9.26. The van der Waals surface area contributed by atoms with E-state index in [4.69, 9.17) is 5.11 Å². The highest BCUT2D eigenvalue weighted by molar-refractivity contribution is 7.18. The summed E-state index contributed by atoms with van der Waals surface area (Å²) in [5.41, 5.74) is 1.08. The summed E-state index contributed by atoms with van der Waals surface area (Å²) in [4.78, 5) is 4.53. The van der Waals surface area contributed by atoms with Crippen LogP contribution in [0, 0.1) is 0 Å². The molecule has 0 spiro atoms. The number of benzene rings is 1. The van der Waals surface area contributed by atoms with Gasteiger partial charge in [0.15, 0.2) is 0 Å². The Morgan fingerprint density at radius 2 is 2.13 bits per heavy atom. The van der Waals surface area contributed by atoms with E-state index < -0.39 is 0 Å². The molecule has 0 aliphatic heterocycles. The number of nitrogens with zero attached hydrogens (tertiary/aromatic N) is 1. The van der Waals surface area contributed by atoms with Crippen LogP contribution in [0.3, 0.4) is 0 Å². The van der Waals surface area contributed by atoms with E-state index in [1.807, 2.05) is 18.2 Å². The standard InChI is InChI=1S/C11H14N2OS/c14-8-7-12-6-5-11-13-9-3-1-2-4-10(9)15-11/h1-4,12,14H,5-8H2. The third-order valence-electron chi connectivity index (χ3n) is 2.14. The predicted molar refractivity (Wildman–Crippen MR) is 63.3 cm³/mol. The minimum Gasteiger partial charge on any atom is -0.395 e. The van der Waals surface area contributed by atoms with Crippen LogP contribution in [0.2, 0.25) is 0 Å². The first-order valence-corrected chi connectivity index (χ1v) is 5.88. The number of aliphatic hydroxyl groups is 1. The van der Waals surface area contributed by atoms with Crippen molar-refractivity contribution in [3.05, 3.63) is 29.3 Å². The molecule has 0 bridgehead atoms. The number of thiazole rings is 1. The summed E-state index contributed by atoms with van der Waals surface area (Å²) in [5, 5.41) is 12.9. The molecule has 0 atom stereocenters. The maximum absolute atomic E-state index is 8.60. The molecular formula is C11H14N2OS. The summed E-state index contributed by atoms with van der Waals surface area (Å²) in [6.07, 6.45) is 0.930. The Hall–Kier alpha value is -0.970. The molecule has 1 heterocycles. The van der Waals surface area contributed by atoms with Gasteiger partial charge in [-0.2, -0.15) is 0 Å². The van der Waals surface area contributed by atoms with E-state index in [-0.39, 0.29) is 6.61 Å². The van der Waals surface area contributed by atoms with Gasteiger partial charge in [-0.1, -0.05) is 12.1 Å². The summed E-state index contributed by atoms with van der Waals surface area (Å²) in [5.74, 6) is 0. The topological polar surface area (TPSA) is 45.1 Å². The van der Waals surface area contributed by atoms with Crippen LogP contribution in [-0.4, -0.2) is 29.8 Å². The molecule has 4 heteroatoms. The highest BCUT2D eigenvalue weighted by Gasteiger charge is 2.01. The van der Waals surface area contributed by atoms with Gasteiger partial charge in [-0.3, -0.25) is 0 Å². The maximum Gasteiger partial charge on any atom is 0.0951 e. The number of nitrogens with one attached hydrogen (secondary N) is 1. The average molecular weight is 222 g/mol. The highest BCUT2D eigenvalue weighted by Crippen LogP contribution is 2.21. The van der Waals surface area contributed by atoms with E-state index in [2.05, 4.69) is 16.4 Å². The Kier molecular flexibility index (Phi) is 3.66. The van der Waals surface area contributed by atoms with Gasteiger partial charge in [-0.05, 0) is 12.1 Å². The van der Waals surface area contributed by atoms with Crippen LogP contribution < -0.4 is 5.32 Å². The lowest BCUT2D eigenvalue weighted by Gasteiger charge is -1.98. The number of hydrogen-bond acceptors (Lipinski definition) is 4. The average Bonchev–Trinajstić information content (AvgIpc) is 2.67. The van der Waals surface area contributed by atoms with Crippen molar-refractivity contribution in [3.8, 4) is 0 Å². The predicted octanol–water partition coefficient (Wildman–Crippen LogP) is 1.42. The third-order valence-corrected chi connectivity index (χ3v) is 3.24. The molecule has 0 saturated heterocycles. The summed E-state index contributed by atoms with van der Waals surface area (Å²) >= 11 is 1.74. The molecule has 2 N–H and O–H groups in total. The molecular weight excluding hydrogens is 208 g/mol. The van der Waals surface area contributed by atoms with E-state index >= 15 is 0 Å².